The zero-order chi connectivity index (χ0) is 25.9. The lowest BCUT2D eigenvalue weighted by molar-refractivity contribution is 0.0526. The highest BCUT2D eigenvalue weighted by atomic mass is 16.5. The van der Waals surface area contributed by atoms with E-state index in [1.54, 1.807) is 57.4 Å². The number of nitrogens with zero attached hydrogens (tertiary/aromatic N) is 1. The van der Waals surface area contributed by atoms with Gasteiger partial charge in [0.15, 0.2) is 0 Å². The average molecular weight is 502 g/mol. The molecule has 0 fully saturated rings. The number of carbonyl (C=O) groups excluding carboxylic acids is 1. The van der Waals surface area contributed by atoms with Crippen molar-refractivity contribution in [2.24, 2.45) is 0 Å². The predicted molar refractivity (Wildman–Crippen MR) is 137 cm³/mol. The largest absolute Gasteiger partial charge is 0.497 e. The van der Waals surface area contributed by atoms with E-state index >= 15 is 0 Å². The van der Waals surface area contributed by atoms with Gasteiger partial charge in [0.1, 0.15) is 35.3 Å². The first-order valence-electron chi connectivity index (χ1n) is 12.0. The number of fused-ring (bicyclic) bond motifs is 3. The van der Waals surface area contributed by atoms with Gasteiger partial charge in [0.05, 0.1) is 30.2 Å². The van der Waals surface area contributed by atoms with Gasteiger partial charge < -0.3 is 23.4 Å². The van der Waals surface area contributed by atoms with Gasteiger partial charge in [-0.15, -0.1) is 0 Å². The number of hydrogen-bond acceptors (Lipinski definition) is 8. The van der Waals surface area contributed by atoms with Gasteiger partial charge >= 0.3 is 5.97 Å². The Kier molecular flexibility index (Phi) is 6.83. The van der Waals surface area contributed by atoms with E-state index in [0.717, 1.165) is 16.9 Å². The van der Waals surface area contributed by atoms with Crippen molar-refractivity contribution in [2.75, 3.05) is 20.4 Å². The van der Waals surface area contributed by atoms with Crippen LogP contribution in [0.2, 0.25) is 0 Å². The van der Waals surface area contributed by atoms with Crippen molar-refractivity contribution in [3.05, 3.63) is 93.3 Å². The maximum Gasteiger partial charge on any atom is 0.338 e. The Morgan fingerprint density at radius 2 is 1.73 bits per heavy atom. The van der Waals surface area contributed by atoms with E-state index in [1.807, 2.05) is 24.3 Å². The second-order valence-corrected chi connectivity index (χ2v) is 8.69. The highest BCUT2D eigenvalue weighted by molar-refractivity contribution is 5.89. The topological polar surface area (TPSA) is 87.4 Å². The summed E-state index contributed by atoms with van der Waals surface area (Å²) >= 11 is 0. The summed E-state index contributed by atoms with van der Waals surface area (Å²) in [5.41, 5.74) is 2.56. The van der Waals surface area contributed by atoms with Gasteiger partial charge in [0.25, 0.3) is 0 Å². The maximum absolute atomic E-state index is 13.4. The summed E-state index contributed by atoms with van der Waals surface area (Å²) in [5.74, 6) is 1.96. The van der Waals surface area contributed by atoms with Crippen LogP contribution in [-0.2, 0) is 17.8 Å². The maximum atomic E-state index is 13.4. The quantitative estimate of drug-likeness (QED) is 0.310. The third-order valence-electron chi connectivity index (χ3n) is 6.18. The van der Waals surface area contributed by atoms with Crippen molar-refractivity contribution in [3.8, 4) is 23.0 Å². The second kappa shape index (κ2) is 10.4. The van der Waals surface area contributed by atoms with Crippen molar-refractivity contribution in [1.29, 1.82) is 0 Å². The number of carbonyl (C=O) groups is 1. The summed E-state index contributed by atoms with van der Waals surface area (Å²) in [4.78, 5) is 27.4. The van der Waals surface area contributed by atoms with Crippen LogP contribution in [0.25, 0.3) is 11.0 Å². The Morgan fingerprint density at radius 1 is 1.00 bits per heavy atom. The van der Waals surface area contributed by atoms with Crippen LogP contribution in [0.15, 0.2) is 69.9 Å². The summed E-state index contributed by atoms with van der Waals surface area (Å²) in [6, 6.07) is 17.8. The molecule has 8 nitrogen and oxygen atoms in total. The molecule has 190 valence electrons. The third-order valence-corrected chi connectivity index (χ3v) is 6.18. The second-order valence-electron chi connectivity index (χ2n) is 8.69. The van der Waals surface area contributed by atoms with Gasteiger partial charge in [-0.3, -0.25) is 9.69 Å². The molecule has 1 aliphatic heterocycles. The van der Waals surface area contributed by atoms with Gasteiger partial charge in [-0.25, -0.2) is 4.79 Å². The molecule has 0 aliphatic carbocycles. The number of rotatable bonds is 7. The number of esters is 1. The van der Waals surface area contributed by atoms with Crippen LogP contribution in [-0.4, -0.2) is 31.3 Å². The Labute approximate surface area is 213 Å². The minimum absolute atomic E-state index is 0.100. The van der Waals surface area contributed by atoms with Crippen LogP contribution in [0.5, 0.6) is 23.0 Å². The fraction of sp³-hybridized carbons (Fsp3) is 0.241. The zero-order valence-corrected chi connectivity index (χ0v) is 20.9. The van der Waals surface area contributed by atoms with Crippen molar-refractivity contribution < 1.29 is 28.2 Å². The standard InChI is InChI=1S/C29H27NO7/c1-4-34-29(32)20-7-11-22(12-8-20)37-27-18(2)36-28-23(26(27)31)13-14-25-24(28)16-30(17-35-25)15-19-5-9-21(33-3)10-6-19/h5-14H,4,15-17H2,1-3H3. The van der Waals surface area contributed by atoms with E-state index < -0.39 is 5.97 Å². The van der Waals surface area contributed by atoms with Crippen molar-refractivity contribution in [1.82, 2.24) is 4.90 Å². The summed E-state index contributed by atoms with van der Waals surface area (Å²) in [5, 5.41) is 0.414. The molecular weight excluding hydrogens is 474 g/mol. The molecule has 0 atom stereocenters. The molecule has 0 unspecified atom stereocenters. The van der Waals surface area contributed by atoms with E-state index in [9.17, 15) is 9.59 Å². The Balaban J connectivity index is 1.41. The molecule has 4 aromatic rings. The van der Waals surface area contributed by atoms with Crippen LogP contribution in [0.4, 0.5) is 0 Å². The van der Waals surface area contributed by atoms with Crippen molar-refractivity contribution in [2.45, 2.75) is 26.9 Å². The molecule has 5 rings (SSSR count). The first-order valence-corrected chi connectivity index (χ1v) is 12.0. The molecule has 1 aromatic heterocycles. The first-order chi connectivity index (χ1) is 18.0. The highest BCUT2D eigenvalue weighted by Crippen LogP contribution is 2.34. The number of aryl methyl sites for hydroxylation is 1. The van der Waals surface area contributed by atoms with Crippen LogP contribution in [0.1, 0.15) is 34.2 Å². The number of benzene rings is 3. The highest BCUT2D eigenvalue weighted by Gasteiger charge is 2.24. The van der Waals surface area contributed by atoms with Gasteiger partial charge in [0, 0.05) is 13.1 Å². The zero-order valence-electron chi connectivity index (χ0n) is 20.9. The fourth-order valence-corrected chi connectivity index (χ4v) is 4.30. The minimum atomic E-state index is -0.413. The predicted octanol–water partition coefficient (Wildman–Crippen LogP) is 5.43. The first kappa shape index (κ1) is 24.4. The molecule has 1 aliphatic rings. The lowest BCUT2D eigenvalue weighted by Crippen LogP contribution is -2.31. The molecule has 37 heavy (non-hydrogen) atoms. The Hall–Kier alpha value is -4.30. The molecular formula is C29H27NO7. The molecule has 0 radical (unpaired) electrons. The number of ether oxygens (including phenoxy) is 4. The number of methoxy groups -OCH3 is 1. The lowest BCUT2D eigenvalue weighted by Gasteiger charge is -2.29. The van der Waals surface area contributed by atoms with Crippen LogP contribution in [0.3, 0.4) is 0 Å². The lowest BCUT2D eigenvalue weighted by atomic mass is 10.1. The SMILES string of the molecule is CCOC(=O)c1ccc(Oc2c(C)oc3c4c(ccc3c2=O)OCN(Cc2ccc(OC)cc2)C4)cc1. The summed E-state index contributed by atoms with van der Waals surface area (Å²) < 4.78 is 28.3. The van der Waals surface area contributed by atoms with Crippen LogP contribution in [0, 0.1) is 6.92 Å². The fourth-order valence-electron chi connectivity index (χ4n) is 4.30. The van der Waals surface area contributed by atoms with Gasteiger partial charge in [0.2, 0.25) is 11.2 Å². The normalized spacial score (nSPS) is 13.1. The molecule has 0 bridgehead atoms. The van der Waals surface area contributed by atoms with E-state index in [4.69, 9.17) is 23.4 Å². The summed E-state index contributed by atoms with van der Waals surface area (Å²) in [6.07, 6.45) is 0. The van der Waals surface area contributed by atoms with E-state index in [1.165, 1.54) is 0 Å². The molecule has 0 saturated carbocycles. The third kappa shape index (κ3) is 5.01. The van der Waals surface area contributed by atoms with Gasteiger partial charge in [-0.05, 0) is 67.9 Å². The van der Waals surface area contributed by atoms with Crippen molar-refractivity contribution in [3.63, 3.8) is 0 Å². The van der Waals surface area contributed by atoms with Crippen LogP contribution >= 0.6 is 0 Å². The van der Waals surface area contributed by atoms with Crippen molar-refractivity contribution >= 4 is 16.9 Å². The average Bonchev–Trinajstić information content (AvgIpc) is 2.92. The van der Waals surface area contributed by atoms with E-state index in [-0.39, 0.29) is 11.2 Å². The smallest absolute Gasteiger partial charge is 0.338 e. The van der Waals surface area contributed by atoms with E-state index in [0.29, 0.717) is 60.2 Å². The molecule has 2 heterocycles. The molecule has 0 saturated heterocycles. The molecule has 3 aromatic carbocycles. The van der Waals surface area contributed by atoms with E-state index in [2.05, 4.69) is 4.90 Å². The minimum Gasteiger partial charge on any atom is -0.497 e. The van der Waals surface area contributed by atoms with Gasteiger partial charge in [-0.2, -0.15) is 0 Å². The molecule has 0 spiro atoms. The molecule has 0 amide bonds. The monoisotopic (exact) mass is 501 g/mol. The summed E-state index contributed by atoms with van der Waals surface area (Å²) in [6.45, 7) is 5.40. The Bertz CT molecular complexity index is 1490. The molecule has 0 N–H and O–H groups in total. The Morgan fingerprint density at radius 3 is 2.43 bits per heavy atom. The summed E-state index contributed by atoms with van der Waals surface area (Å²) in [7, 11) is 1.64. The van der Waals surface area contributed by atoms with Crippen LogP contribution < -0.4 is 19.6 Å². The molecule has 8 heteroatoms. The number of hydrogen-bond donors (Lipinski definition) is 0. The van der Waals surface area contributed by atoms with Gasteiger partial charge in [-0.1, -0.05) is 12.1 Å².